The molecule has 0 aliphatic rings. The van der Waals surface area contributed by atoms with Gasteiger partial charge in [0.25, 0.3) is 0 Å². The first-order chi connectivity index (χ1) is 8.20. The van der Waals surface area contributed by atoms with Crippen molar-refractivity contribution in [3.05, 3.63) is 60.2 Å². The summed E-state index contributed by atoms with van der Waals surface area (Å²) >= 11 is 0. The fraction of sp³-hybridized carbons (Fsp3) is 0. The number of carbonyl (C=O) groups is 1. The van der Waals surface area contributed by atoms with Gasteiger partial charge in [0.15, 0.2) is 0 Å². The maximum absolute atomic E-state index is 11.6. The van der Waals surface area contributed by atoms with Crippen molar-refractivity contribution in [1.29, 1.82) is 0 Å². The quantitative estimate of drug-likeness (QED) is 0.614. The van der Waals surface area contributed by atoms with Crippen LogP contribution in [-0.4, -0.2) is 21.5 Å². The monoisotopic (exact) mass is 229 g/mol. The van der Waals surface area contributed by atoms with E-state index in [9.17, 15) is 4.79 Å². The van der Waals surface area contributed by atoms with E-state index in [2.05, 4.69) is 0 Å². The highest BCUT2D eigenvalue weighted by Gasteiger charge is 2.16. The zero-order valence-electron chi connectivity index (χ0n) is 8.95. The van der Waals surface area contributed by atoms with Crippen LogP contribution in [-0.2, 0) is 0 Å². The van der Waals surface area contributed by atoms with Crippen LogP contribution >= 0.6 is 0 Å². The molecule has 0 fully saturated rings. The van der Waals surface area contributed by atoms with Crippen LogP contribution in [0.1, 0.15) is 10.4 Å². The van der Waals surface area contributed by atoms with Gasteiger partial charge in [-0.2, -0.15) is 0 Å². The molecule has 86 valence electrons. The van der Waals surface area contributed by atoms with Crippen LogP contribution < -0.4 is 0 Å². The molecule has 0 aliphatic heterocycles. The lowest BCUT2D eigenvalue weighted by Gasteiger charge is -2.10. The van der Waals surface area contributed by atoms with Crippen molar-refractivity contribution in [3.8, 4) is 11.1 Å². The third-order valence-electron chi connectivity index (χ3n) is 2.42. The molecule has 0 saturated heterocycles. The van der Waals surface area contributed by atoms with Crippen molar-refractivity contribution in [3.63, 3.8) is 0 Å². The maximum atomic E-state index is 11.6. The highest BCUT2D eigenvalue weighted by Crippen LogP contribution is 2.23. The molecule has 0 atom stereocenters. The van der Waals surface area contributed by atoms with Crippen molar-refractivity contribution < 1.29 is 15.2 Å². The number of rotatable bonds is 2. The lowest BCUT2D eigenvalue weighted by Crippen LogP contribution is -2.23. The van der Waals surface area contributed by atoms with Gasteiger partial charge in [-0.3, -0.25) is 15.2 Å². The molecule has 0 spiro atoms. The Balaban J connectivity index is 2.52. The van der Waals surface area contributed by atoms with E-state index in [1.807, 2.05) is 30.3 Å². The highest BCUT2D eigenvalue weighted by atomic mass is 16.8. The number of benzene rings is 2. The first-order valence-electron chi connectivity index (χ1n) is 5.07. The van der Waals surface area contributed by atoms with Gasteiger partial charge in [0.1, 0.15) is 0 Å². The Morgan fingerprint density at radius 1 is 0.882 bits per heavy atom. The molecule has 0 aliphatic carbocycles. The number of amides is 1. The van der Waals surface area contributed by atoms with Gasteiger partial charge in [-0.05, 0) is 17.2 Å². The summed E-state index contributed by atoms with van der Waals surface area (Å²) in [6.45, 7) is 0. The zero-order valence-corrected chi connectivity index (χ0v) is 8.95. The molecule has 0 saturated carbocycles. The van der Waals surface area contributed by atoms with Crippen LogP contribution in [0.25, 0.3) is 11.1 Å². The van der Waals surface area contributed by atoms with E-state index in [0.717, 1.165) is 5.56 Å². The van der Waals surface area contributed by atoms with Crippen molar-refractivity contribution in [2.75, 3.05) is 0 Å². The van der Waals surface area contributed by atoms with Gasteiger partial charge in [-0.1, -0.05) is 53.8 Å². The minimum atomic E-state index is -0.857. The Hall–Kier alpha value is -2.17. The summed E-state index contributed by atoms with van der Waals surface area (Å²) in [5.41, 5.74) is 1.74. The standard InChI is InChI=1S/C13H11NO3/c15-13(14(16)17)12-9-5-4-8-11(12)10-6-2-1-3-7-10/h1-9,16-17H. The maximum Gasteiger partial charge on any atom is 0.304 e. The van der Waals surface area contributed by atoms with Crippen molar-refractivity contribution in [2.45, 2.75) is 0 Å². The molecular formula is C13H11NO3. The Morgan fingerprint density at radius 3 is 2.12 bits per heavy atom. The summed E-state index contributed by atoms with van der Waals surface area (Å²) in [5, 5.41) is 17.2. The summed E-state index contributed by atoms with van der Waals surface area (Å²) in [6.07, 6.45) is 0. The summed E-state index contributed by atoms with van der Waals surface area (Å²) in [4.78, 5) is 11.6. The molecule has 2 N–H and O–H groups in total. The molecule has 4 nitrogen and oxygen atoms in total. The average Bonchev–Trinajstić information content (AvgIpc) is 2.39. The number of hydrogen-bond donors (Lipinski definition) is 2. The fourth-order valence-electron chi connectivity index (χ4n) is 1.65. The minimum Gasteiger partial charge on any atom is -0.264 e. The first-order valence-corrected chi connectivity index (χ1v) is 5.07. The Kier molecular flexibility index (Phi) is 3.18. The van der Waals surface area contributed by atoms with Gasteiger partial charge >= 0.3 is 5.91 Å². The predicted octanol–water partition coefficient (Wildman–Crippen LogP) is 2.57. The second-order valence-electron chi connectivity index (χ2n) is 3.51. The van der Waals surface area contributed by atoms with E-state index in [1.165, 1.54) is 0 Å². The van der Waals surface area contributed by atoms with Crippen molar-refractivity contribution in [1.82, 2.24) is 5.23 Å². The first kappa shape index (κ1) is 11.3. The molecule has 4 heteroatoms. The molecular weight excluding hydrogens is 218 g/mol. The molecule has 0 aromatic heterocycles. The van der Waals surface area contributed by atoms with Crippen molar-refractivity contribution in [2.24, 2.45) is 0 Å². The second kappa shape index (κ2) is 4.78. The van der Waals surface area contributed by atoms with Crippen LogP contribution in [0.4, 0.5) is 0 Å². The number of carbonyl (C=O) groups excluding carboxylic acids is 1. The predicted molar refractivity (Wildman–Crippen MR) is 61.6 cm³/mol. The number of hydroxylamine groups is 2. The SMILES string of the molecule is O=C(c1ccccc1-c1ccccc1)N(O)O. The van der Waals surface area contributed by atoms with Crippen LogP contribution in [0.2, 0.25) is 0 Å². The molecule has 0 radical (unpaired) electrons. The van der Waals surface area contributed by atoms with E-state index in [4.69, 9.17) is 10.4 Å². The molecule has 0 bridgehead atoms. The van der Waals surface area contributed by atoms with Gasteiger partial charge in [0.2, 0.25) is 0 Å². The van der Waals surface area contributed by atoms with E-state index >= 15 is 0 Å². The minimum absolute atomic E-state index is 0.240. The molecule has 1 amide bonds. The average molecular weight is 229 g/mol. The lowest BCUT2D eigenvalue weighted by molar-refractivity contribution is -0.260. The normalized spacial score (nSPS) is 10.0. The van der Waals surface area contributed by atoms with Crippen LogP contribution in [0, 0.1) is 0 Å². The Bertz CT molecular complexity index is 523. The lowest BCUT2D eigenvalue weighted by atomic mass is 9.99. The largest absolute Gasteiger partial charge is 0.304 e. The van der Waals surface area contributed by atoms with Gasteiger partial charge in [-0.15, -0.1) is 0 Å². The third-order valence-corrected chi connectivity index (χ3v) is 2.42. The molecule has 2 rings (SSSR count). The van der Waals surface area contributed by atoms with E-state index in [1.54, 1.807) is 24.3 Å². The van der Waals surface area contributed by atoms with Gasteiger partial charge in [0, 0.05) is 0 Å². The molecule has 2 aromatic rings. The highest BCUT2D eigenvalue weighted by molar-refractivity contribution is 5.99. The molecule has 0 heterocycles. The Morgan fingerprint density at radius 2 is 1.47 bits per heavy atom. The van der Waals surface area contributed by atoms with E-state index < -0.39 is 11.1 Å². The summed E-state index contributed by atoms with van der Waals surface area (Å²) in [7, 11) is 0. The molecule has 17 heavy (non-hydrogen) atoms. The second-order valence-corrected chi connectivity index (χ2v) is 3.51. The Labute approximate surface area is 98.3 Å². The topological polar surface area (TPSA) is 60.8 Å². The molecule has 2 aromatic carbocycles. The van der Waals surface area contributed by atoms with Gasteiger partial charge < -0.3 is 0 Å². The van der Waals surface area contributed by atoms with E-state index in [-0.39, 0.29) is 5.56 Å². The van der Waals surface area contributed by atoms with Crippen LogP contribution in [0.3, 0.4) is 0 Å². The third kappa shape index (κ3) is 2.33. The number of hydrogen-bond acceptors (Lipinski definition) is 3. The fourth-order valence-corrected chi connectivity index (χ4v) is 1.65. The number of nitrogens with zero attached hydrogens (tertiary/aromatic N) is 1. The summed E-state index contributed by atoms with van der Waals surface area (Å²) < 4.78 is 0. The van der Waals surface area contributed by atoms with Gasteiger partial charge in [-0.25, -0.2) is 0 Å². The van der Waals surface area contributed by atoms with Gasteiger partial charge in [0.05, 0.1) is 5.56 Å². The van der Waals surface area contributed by atoms with Crippen LogP contribution in [0.15, 0.2) is 54.6 Å². The van der Waals surface area contributed by atoms with Crippen molar-refractivity contribution >= 4 is 5.91 Å². The van der Waals surface area contributed by atoms with E-state index in [0.29, 0.717) is 5.56 Å². The summed E-state index contributed by atoms with van der Waals surface area (Å²) in [6, 6.07) is 16.0. The van der Waals surface area contributed by atoms with Crippen LogP contribution in [0.5, 0.6) is 0 Å². The molecule has 0 unspecified atom stereocenters. The summed E-state index contributed by atoms with van der Waals surface area (Å²) in [5.74, 6) is -0.857. The zero-order chi connectivity index (χ0) is 12.3. The smallest absolute Gasteiger partial charge is 0.264 e.